The number of hydrogen-bond acceptors (Lipinski definition) is 2. The van der Waals surface area contributed by atoms with E-state index in [1.54, 1.807) is 6.07 Å². The van der Waals surface area contributed by atoms with E-state index in [1.807, 2.05) is 36.4 Å². The summed E-state index contributed by atoms with van der Waals surface area (Å²) in [4.78, 5) is 25.3. The van der Waals surface area contributed by atoms with Crippen LogP contribution < -0.4 is 0 Å². The van der Waals surface area contributed by atoms with E-state index in [4.69, 9.17) is 0 Å². The highest BCUT2D eigenvalue weighted by molar-refractivity contribution is 6.08. The zero-order valence-electron chi connectivity index (χ0n) is 11.0. The molecular formula is C16H15NO3. The second-order valence-electron chi connectivity index (χ2n) is 5.02. The second kappa shape index (κ2) is 4.96. The van der Waals surface area contributed by atoms with E-state index in [0.29, 0.717) is 18.5 Å². The Morgan fingerprint density at radius 3 is 2.65 bits per heavy atom. The van der Waals surface area contributed by atoms with Gasteiger partial charge in [0.1, 0.15) is 6.04 Å². The molecule has 1 aliphatic heterocycles. The lowest BCUT2D eigenvalue weighted by Crippen LogP contribution is -2.40. The van der Waals surface area contributed by atoms with Crippen molar-refractivity contribution in [2.75, 3.05) is 6.54 Å². The minimum Gasteiger partial charge on any atom is -0.480 e. The van der Waals surface area contributed by atoms with Crippen molar-refractivity contribution in [2.45, 2.75) is 18.9 Å². The van der Waals surface area contributed by atoms with Crippen LogP contribution in [0.4, 0.5) is 0 Å². The van der Waals surface area contributed by atoms with Crippen LogP contribution in [0.15, 0.2) is 42.5 Å². The maximum Gasteiger partial charge on any atom is 0.326 e. The number of aliphatic carboxylic acids is 1. The van der Waals surface area contributed by atoms with Gasteiger partial charge in [-0.1, -0.05) is 36.4 Å². The number of carbonyl (C=O) groups is 2. The molecule has 0 aliphatic carbocycles. The number of hydrogen-bond donors (Lipinski definition) is 1. The van der Waals surface area contributed by atoms with Crippen LogP contribution in [0, 0.1) is 0 Å². The summed E-state index contributed by atoms with van der Waals surface area (Å²) in [6, 6.07) is 12.5. The molecule has 1 saturated heterocycles. The first kappa shape index (κ1) is 12.7. The molecule has 1 aliphatic rings. The number of benzene rings is 2. The number of fused-ring (bicyclic) bond motifs is 1. The van der Waals surface area contributed by atoms with Crippen LogP contribution in [0.5, 0.6) is 0 Å². The number of carbonyl (C=O) groups excluding carboxylic acids is 1. The summed E-state index contributed by atoms with van der Waals surface area (Å²) in [7, 11) is 0. The van der Waals surface area contributed by atoms with Gasteiger partial charge in [-0.15, -0.1) is 0 Å². The van der Waals surface area contributed by atoms with E-state index in [9.17, 15) is 14.7 Å². The van der Waals surface area contributed by atoms with Crippen molar-refractivity contribution in [1.82, 2.24) is 4.90 Å². The molecule has 1 fully saturated rings. The average molecular weight is 269 g/mol. The summed E-state index contributed by atoms with van der Waals surface area (Å²) in [5, 5.41) is 11.1. The Kier molecular flexibility index (Phi) is 3.14. The molecule has 0 saturated carbocycles. The molecule has 1 atom stereocenters. The quantitative estimate of drug-likeness (QED) is 0.911. The Balaban J connectivity index is 2.03. The van der Waals surface area contributed by atoms with Crippen molar-refractivity contribution >= 4 is 22.6 Å². The number of amides is 1. The zero-order chi connectivity index (χ0) is 14.1. The fraction of sp³-hybridized carbons (Fsp3) is 0.250. The van der Waals surface area contributed by atoms with Crippen LogP contribution in [0.1, 0.15) is 23.2 Å². The molecule has 4 nitrogen and oxygen atoms in total. The monoisotopic (exact) mass is 269 g/mol. The van der Waals surface area contributed by atoms with Crippen molar-refractivity contribution in [2.24, 2.45) is 0 Å². The molecule has 0 spiro atoms. The smallest absolute Gasteiger partial charge is 0.326 e. The zero-order valence-corrected chi connectivity index (χ0v) is 11.0. The molecule has 1 amide bonds. The third-order valence-electron chi connectivity index (χ3n) is 3.82. The van der Waals surface area contributed by atoms with E-state index in [-0.39, 0.29) is 5.91 Å². The van der Waals surface area contributed by atoms with E-state index >= 15 is 0 Å². The molecule has 0 bridgehead atoms. The number of likely N-dealkylation sites (tertiary alicyclic amines) is 1. The maximum atomic E-state index is 12.6. The Labute approximate surface area is 116 Å². The van der Waals surface area contributed by atoms with Gasteiger partial charge in [0.2, 0.25) is 0 Å². The molecule has 1 N–H and O–H groups in total. The van der Waals surface area contributed by atoms with Gasteiger partial charge in [-0.05, 0) is 29.7 Å². The SMILES string of the molecule is O=C(O)C1CCCN1C(=O)c1cccc2ccccc12. The molecule has 102 valence electrons. The summed E-state index contributed by atoms with van der Waals surface area (Å²) in [5.41, 5.74) is 0.580. The van der Waals surface area contributed by atoms with Gasteiger partial charge in [-0.25, -0.2) is 4.79 Å². The lowest BCUT2D eigenvalue weighted by Gasteiger charge is -2.22. The minimum atomic E-state index is -0.920. The van der Waals surface area contributed by atoms with E-state index < -0.39 is 12.0 Å². The van der Waals surface area contributed by atoms with Gasteiger partial charge in [0.15, 0.2) is 0 Å². The molecule has 0 radical (unpaired) electrons. The van der Waals surface area contributed by atoms with Gasteiger partial charge in [-0.3, -0.25) is 4.79 Å². The highest BCUT2D eigenvalue weighted by atomic mass is 16.4. The minimum absolute atomic E-state index is 0.188. The van der Waals surface area contributed by atoms with Crippen LogP contribution in [-0.2, 0) is 4.79 Å². The Hall–Kier alpha value is -2.36. The molecule has 1 unspecified atom stereocenters. The molecule has 2 aromatic rings. The van der Waals surface area contributed by atoms with E-state index in [2.05, 4.69) is 0 Å². The molecule has 0 aromatic heterocycles. The molecule has 20 heavy (non-hydrogen) atoms. The third kappa shape index (κ3) is 2.03. The van der Waals surface area contributed by atoms with Gasteiger partial charge >= 0.3 is 5.97 Å². The topological polar surface area (TPSA) is 57.6 Å². The standard InChI is InChI=1S/C16H15NO3/c18-15(17-10-4-9-14(17)16(19)20)13-8-3-6-11-5-1-2-7-12(11)13/h1-3,5-8,14H,4,9-10H2,(H,19,20). The van der Waals surface area contributed by atoms with Gasteiger partial charge in [0.05, 0.1) is 0 Å². The molecule has 4 heteroatoms. The van der Waals surface area contributed by atoms with Crippen molar-refractivity contribution in [1.29, 1.82) is 0 Å². The van der Waals surface area contributed by atoms with Crippen LogP contribution in [0.25, 0.3) is 10.8 Å². The lowest BCUT2D eigenvalue weighted by atomic mass is 10.0. The van der Waals surface area contributed by atoms with Crippen molar-refractivity contribution in [3.8, 4) is 0 Å². The number of carboxylic acid groups (broad SMARTS) is 1. The Morgan fingerprint density at radius 1 is 1.10 bits per heavy atom. The lowest BCUT2D eigenvalue weighted by molar-refractivity contribution is -0.141. The summed E-state index contributed by atoms with van der Waals surface area (Å²) in [6.07, 6.45) is 1.28. The van der Waals surface area contributed by atoms with Crippen molar-refractivity contribution in [3.63, 3.8) is 0 Å². The van der Waals surface area contributed by atoms with Gasteiger partial charge in [0, 0.05) is 12.1 Å². The van der Waals surface area contributed by atoms with E-state index in [0.717, 1.165) is 17.2 Å². The summed E-state index contributed by atoms with van der Waals surface area (Å²) in [6.45, 7) is 0.513. The predicted octanol–water partition coefficient (Wildman–Crippen LogP) is 2.53. The van der Waals surface area contributed by atoms with Gasteiger partial charge < -0.3 is 10.0 Å². The number of carboxylic acids is 1. The molecular weight excluding hydrogens is 254 g/mol. The first-order chi connectivity index (χ1) is 9.68. The molecule has 3 rings (SSSR count). The number of rotatable bonds is 2. The Bertz CT molecular complexity index is 675. The van der Waals surface area contributed by atoms with Crippen LogP contribution in [-0.4, -0.2) is 34.5 Å². The fourth-order valence-electron chi connectivity index (χ4n) is 2.83. The first-order valence-electron chi connectivity index (χ1n) is 6.70. The average Bonchev–Trinajstić information content (AvgIpc) is 2.95. The summed E-state index contributed by atoms with van der Waals surface area (Å²) < 4.78 is 0. The maximum absolute atomic E-state index is 12.6. The van der Waals surface area contributed by atoms with Gasteiger partial charge in [-0.2, -0.15) is 0 Å². The first-order valence-corrected chi connectivity index (χ1v) is 6.70. The fourth-order valence-corrected chi connectivity index (χ4v) is 2.83. The van der Waals surface area contributed by atoms with Crippen molar-refractivity contribution in [3.05, 3.63) is 48.0 Å². The van der Waals surface area contributed by atoms with Gasteiger partial charge in [0.25, 0.3) is 5.91 Å². The summed E-state index contributed by atoms with van der Waals surface area (Å²) >= 11 is 0. The van der Waals surface area contributed by atoms with Crippen molar-refractivity contribution < 1.29 is 14.7 Å². The largest absolute Gasteiger partial charge is 0.480 e. The molecule has 1 heterocycles. The summed E-state index contributed by atoms with van der Waals surface area (Å²) in [5.74, 6) is -1.11. The number of nitrogens with zero attached hydrogens (tertiary/aromatic N) is 1. The predicted molar refractivity (Wildman–Crippen MR) is 75.6 cm³/mol. The third-order valence-corrected chi connectivity index (χ3v) is 3.82. The highest BCUT2D eigenvalue weighted by Crippen LogP contribution is 2.24. The molecule has 2 aromatic carbocycles. The van der Waals surface area contributed by atoms with Crippen LogP contribution in [0.3, 0.4) is 0 Å². The van der Waals surface area contributed by atoms with E-state index in [1.165, 1.54) is 4.90 Å². The van der Waals surface area contributed by atoms with Crippen LogP contribution >= 0.6 is 0 Å². The Morgan fingerprint density at radius 2 is 1.85 bits per heavy atom. The second-order valence-corrected chi connectivity index (χ2v) is 5.02. The normalized spacial score (nSPS) is 18.4. The van der Waals surface area contributed by atoms with Crippen LogP contribution in [0.2, 0.25) is 0 Å². The highest BCUT2D eigenvalue weighted by Gasteiger charge is 2.34.